The van der Waals surface area contributed by atoms with Crippen molar-refractivity contribution in [3.63, 3.8) is 0 Å². The number of nitriles is 2. The van der Waals surface area contributed by atoms with Crippen molar-refractivity contribution >= 4 is 21.9 Å². The van der Waals surface area contributed by atoms with Crippen LogP contribution in [0.2, 0.25) is 0 Å². The van der Waals surface area contributed by atoms with Crippen molar-refractivity contribution in [3.05, 3.63) is 132 Å². The summed E-state index contributed by atoms with van der Waals surface area (Å²) >= 11 is 0. The monoisotopic (exact) mass is 492 g/mol. The summed E-state index contributed by atoms with van der Waals surface area (Å²) in [5.74, 6) is 0. The lowest BCUT2D eigenvalue weighted by molar-refractivity contribution is 1.39. The Kier molecular flexibility index (Phi) is 7.87. The minimum atomic E-state index is 0.181. The lowest BCUT2D eigenvalue weighted by Gasteiger charge is -2.10. The van der Waals surface area contributed by atoms with Gasteiger partial charge in [0.15, 0.2) is 0 Å². The summed E-state index contributed by atoms with van der Waals surface area (Å²) in [7, 11) is 0. The van der Waals surface area contributed by atoms with Gasteiger partial charge in [-0.3, -0.25) is 0 Å². The first-order chi connectivity index (χ1) is 18.4. The Hall–Kier alpha value is -5.32. The Balaban J connectivity index is 1.68. The summed E-state index contributed by atoms with van der Waals surface area (Å²) in [6, 6.07) is 33.4. The van der Waals surface area contributed by atoms with Gasteiger partial charge in [0, 0.05) is 0 Å². The maximum Gasteiger partial charge on any atom is 0.117 e. The van der Waals surface area contributed by atoms with Crippen molar-refractivity contribution in [2.24, 2.45) is 11.5 Å². The fourth-order valence-electron chi connectivity index (χ4n) is 4.43. The number of fused-ring (bicyclic) bond motifs is 1. The molecule has 4 aromatic carbocycles. The molecule has 0 spiro atoms. The molecule has 184 valence electrons. The first kappa shape index (κ1) is 25.8. The van der Waals surface area contributed by atoms with Gasteiger partial charge in [0.2, 0.25) is 0 Å². The number of hydrogen-bond donors (Lipinski definition) is 2. The molecule has 4 aromatic rings. The summed E-state index contributed by atoms with van der Waals surface area (Å²) in [6.45, 7) is 3.87. The summed E-state index contributed by atoms with van der Waals surface area (Å²) in [4.78, 5) is 0. The van der Waals surface area contributed by atoms with Crippen LogP contribution in [0.1, 0.15) is 25.0 Å². The molecule has 38 heavy (non-hydrogen) atoms. The van der Waals surface area contributed by atoms with Gasteiger partial charge in [-0.2, -0.15) is 10.5 Å². The highest BCUT2D eigenvalue weighted by atomic mass is 14.6. The van der Waals surface area contributed by atoms with Crippen LogP contribution in [0, 0.1) is 22.7 Å². The second-order valence-electron chi connectivity index (χ2n) is 8.85. The van der Waals surface area contributed by atoms with E-state index in [9.17, 15) is 0 Å². The van der Waals surface area contributed by atoms with Gasteiger partial charge in [0.25, 0.3) is 0 Å². The first-order valence-corrected chi connectivity index (χ1v) is 12.3. The molecule has 4 heteroatoms. The molecule has 0 aliphatic rings. The highest BCUT2D eigenvalue weighted by molar-refractivity contribution is 5.91. The van der Waals surface area contributed by atoms with E-state index in [1.165, 1.54) is 0 Å². The molecular formula is C34H28N4. The second-order valence-corrected chi connectivity index (χ2v) is 8.85. The van der Waals surface area contributed by atoms with Crippen LogP contribution in [0.15, 0.2) is 121 Å². The Labute approximate surface area is 223 Å². The number of nitrogens with zero attached hydrogens (tertiary/aromatic N) is 2. The number of rotatable bonds is 6. The molecule has 0 saturated heterocycles. The van der Waals surface area contributed by atoms with E-state index >= 15 is 0 Å². The molecule has 0 heterocycles. The molecule has 0 radical (unpaired) electrons. The van der Waals surface area contributed by atoms with Gasteiger partial charge in [-0.15, -0.1) is 0 Å². The Morgan fingerprint density at radius 3 is 1.34 bits per heavy atom. The number of allylic oxidation sites excluding steroid dienone is 8. The van der Waals surface area contributed by atoms with Crippen molar-refractivity contribution in [1.82, 2.24) is 0 Å². The summed E-state index contributed by atoms with van der Waals surface area (Å²) < 4.78 is 0. The summed E-state index contributed by atoms with van der Waals surface area (Å²) in [5.41, 5.74) is 20.1. The lowest BCUT2D eigenvalue weighted by atomic mass is 9.94. The molecule has 0 aliphatic heterocycles. The van der Waals surface area contributed by atoms with Crippen LogP contribution in [-0.2, 0) is 0 Å². The zero-order chi connectivity index (χ0) is 27.1. The van der Waals surface area contributed by atoms with Gasteiger partial charge in [-0.25, -0.2) is 0 Å². The van der Waals surface area contributed by atoms with Crippen LogP contribution in [0.4, 0.5) is 0 Å². The summed E-state index contributed by atoms with van der Waals surface area (Å²) in [6.07, 6.45) is 7.30. The minimum Gasteiger partial charge on any atom is -0.390 e. The second kappa shape index (κ2) is 11.6. The third kappa shape index (κ3) is 5.73. The van der Waals surface area contributed by atoms with E-state index in [4.69, 9.17) is 22.0 Å². The average Bonchev–Trinajstić information content (AvgIpc) is 2.97. The van der Waals surface area contributed by atoms with Crippen molar-refractivity contribution in [1.29, 1.82) is 10.5 Å². The quantitative estimate of drug-likeness (QED) is 0.213. The van der Waals surface area contributed by atoms with Crippen molar-refractivity contribution in [2.45, 2.75) is 13.8 Å². The van der Waals surface area contributed by atoms with E-state index in [0.29, 0.717) is 0 Å². The van der Waals surface area contributed by atoms with Crippen LogP contribution < -0.4 is 11.5 Å². The predicted octanol–water partition coefficient (Wildman–Crippen LogP) is 7.71. The SMILES string of the molecule is C/C=C(\C=C(/N)C#N)c1cccc(-c2ccc3cc(-c4cccc(C(/C=C(\N)C#N)=C/C)c4)ccc3c2)c1. The van der Waals surface area contributed by atoms with Crippen LogP contribution >= 0.6 is 0 Å². The zero-order valence-corrected chi connectivity index (χ0v) is 21.4. The van der Waals surface area contributed by atoms with Gasteiger partial charge in [0.1, 0.15) is 23.5 Å². The number of nitrogens with two attached hydrogens (primary N) is 2. The smallest absolute Gasteiger partial charge is 0.117 e. The van der Waals surface area contributed by atoms with Gasteiger partial charge >= 0.3 is 0 Å². The average molecular weight is 493 g/mol. The molecule has 0 atom stereocenters. The molecule has 0 fully saturated rings. The van der Waals surface area contributed by atoms with E-state index in [1.807, 2.05) is 62.4 Å². The fourth-order valence-corrected chi connectivity index (χ4v) is 4.43. The number of benzene rings is 4. The summed E-state index contributed by atoms with van der Waals surface area (Å²) in [5, 5.41) is 20.4. The number of hydrogen-bond acceptors (Lipinski definition) is 4. The molecule has 0 bridgehead atoms. The molecule has 0 aromatic heterocycles. The molecule has 0 saturated carbocycles. The van der Waals surface area contributed by atoms with Crippen molar-refractivity contribution in [2.75, 3.05) is 0 Å². The molecule has 0 aliphatic carbocycles. The van der Waals surface area contributed by atoms with Crippen LogP contribution in [0.3, 0.4) is 0 Å². The van der Waals surface area contributed by atoms with Crippen LogP contribution in [0.25, 0.3) is 44.2 Å². The molecule has 4 rings (SSSR count). The zero-order valence-electron chi connectivity index (χ0n) is 21.4. The van der Waals surface area contributed by atoms with Gasteiger partial charge in [-0.05, 0) is 106 Å². The molecule has 0 amide bonds. The first-order valence-electron chi connectivity index (χ1n) is 12.3. The Bertz CT molecular complexity index is 1590. The molecular weight excluding hydrogens is 464 g/mol. The van der Waals surface area contributed by atoms with Crippen LogP contribution in [0.5, 0.6) is 0 Å². The van der Waals surface area contributed by atoms with Gasteiger partial charge < -0.3 is 11.5 Å². The van der Waals surface area contributed by atoms with Crippen molar-refractivity contribution in [3.8, 4) is 34.4 Å². The fraction of sp³-hybridized carbons (Fsp3) is 0.0588. The maximum atomic E-state index is 9.05. The molecule has 0 unspecified atom stereocenters. The largest absolute Gasteiger partial charge is 0.390 e. The third-order valence-electron chi connectivity index (χ3n) is 6.40. The van der Waals surface area contributed by atoms with E-state index in [-0.39, 0.29) is 11.4 Å². The van der Waals surface area contributed by atoms with E-state index in [0.717, 1.165) is 55.3 Å². The highest BCUT2D eigenvalue weighted by Gasteiger charge is 2.07. The normalized spacial score (nSPS) is 12.7. The predicted molar refractivity (Wildman–Crippen MR) is 158 cm³/mol. The van der Waals surface area contributed by atoms with Gasteiger partial charge in [0.05, 0.1) is 0 Å². The van der Waals surface area contributed by atoms with Gasteiger partial charge in [-0.1, -0.05) is 72.8 Å². The molecule has 4 nitrogen and oxygen atoms in total. The topological polar surface area (TPSA) is 99.6 Å². The van der Waals surface area contributed by atoms with Crippen molar-refractivity contribution < 1.29 is 0 Å². The Morgan fingerprint density at radius 1 is 0.579 bits per heavy atom. The Morgan fingerprint density at radius 2 is 0.974 bits per heavy atom. The van der Waals surface area contributed by atoms with E-state index < -0.39 is 0 Å². The maximum absolute atomic E-state index is 9.05. The third-order valence-corrected chi connectivity index (χ3v) is 6.40. The van der Waals surface area contributed by atoms with E-state index in [1.54, 1.807) is 12.2 Å². The molecule has 4 N–H and O–H groups in total. The lowest BCUT2D eigenvalue weighted by Crippen LogP contribution is -1.94. The van der Waals surface area contributed by atoms with Crippen LogP contribution in [-0.4, -0.2) is 0 Å². The minimum absolute atomic E-state index is 0.181. The van der Waals surface area contributed by atoms with E-state index in [2.05, 4.69) is 60.7 Å². The standard InChI is InChI=1S/C34H28N4/c1-3-23(19-33(37)21-35)25-7-5-9-27(15-25)29-11-13-32-18-30(12-14-31(32)17-29)28-10-6-8-26(16-28)24(4-2)20-34(38)22-36/h3-20H,37-38H2,1-2H3/b23-3+,24-4+,33-19-,34-20-. The highest BCUT2D eigenvalue weighted by Crippen LogP contribution is 2.31.